The lowest BCUT2D eigenvalue weighted by Gasteiger charge is -2.56. The first kappa shape index (κ1) is 19.0. The van der Waals surface area contributed by atoms with Crippen molar-refractivity contribution in [3.63, 3.8) is 0 Å². The smallest absolute Gasteiger partial charge is 0.223 e. The molecule has 0 radical (unpaired) electrons. The number of Topliss-reactive ketones (excluding diaryl/α,β-unsaturated/α-hetero) is 1. The van der Waals surface area contributed by atoms with E-state index in [9.17, 15) is 14.7 Å². The van der Waals surface area contributed by atoms with E-state index in [1.165, 1.54) is 0 Å². The molecule has 2 atom stereocenters. The average molecular weight is 360 g/mol. The molecule has 1 saturated heterocycles. The number of aliphatic hydroxyl groups excluding tert-OH is 1. The maximum Gasteiger partial charge on any atom is 0.223 e. The molecule has 6 heteroatoms. The molecule has 1 aromatic rings. The van der Waals surface area contributed by atoms with Gasteiger partial charge in [-0.15, -0.1) is 0 Å². The Morgan fingerprint density at radius 2 is 1.88 bits per heavy atom. The molecule has 2 aliphatic rings. The van der Waals surface area contributed by atoms with E-state index in [4.69, 9.17) is 10.5 Å². The van der Waals surface area contributed by atoms with Gasteiger partial charge in [-0.3, -0.25) is 9.59 Å². The van der Waals surface area contributed by atoms with Gasteiger partial charge in [0.05, 0.1) is 18.8 Å². The highest BCUT2D eigenvalue weighted by Crippen LogP contribution is 2.50. The van der Waals surface area contributed by atoms with E-state index < -0.39 is 0 Å². The molecule has 1 amide bonds. The number of amides is 1. The molecule has 3 N–H and O–H groups in total. The standard InChI is InChI=1S/C20H28N2O4/c21-10-13-26-18-14-17(24)20(18)8-11-22(12-9-20)19(25)7-6-16(23)15-4-2-1-3-5-15/h1-5,17-18,24H,6-14,21H2/t17-,18+/m0/s1. The van der Waals surface area contributed by atoms with Crippen LogP contribution in [0.3, 0.4) is 0 Å². The zero-order valence-corrected chi connectivity index (χ0v) is 15.1. The highest BCUT2D eigenvalue weighted by Gasteiger charge is 2.56. The molecular weight excluding hydrogens is 332 g/mol. The molecule has 1 spiro atoms. The van der Waals surface area contributed by atoms with Crippen molar-refractivity contribution in [2.45, 2.75) is 44.3 Å². The number of ketones is 1. The van der Waals surface area contributed by atoms with Gasteiger partial charge in [0, 0.05) is 49.9 Å². The third-order valence-corrected chi connectivity index (χ3v) is 5.89. The van der Waals surface area contributed by atoms with E-state index in [2.05, 4.69) is 0 Å². The minimum absolute atomic E-state index is 0.00269. The molecule has 1 aliphatic heterocycles. The number of aliphatic hydroxyl groups is 1. The third kappa shape index (κ3) is 3.82. The maximum atomic E-state index is 12.4. The Morgan fingerprint density at radius 3 is 2.50 bits per heavy atom. The Balaban J connectivity index is 1.47. The summed E-state index contributed by atoms with van der Waals surface area (Å²) in [5.74, 6) is 0.00876. The van der Waals surface area contributed by atoms with Gasteiger partial charge >= 0.3 is 0 Å². The fourth-order valence-corrected chi connectivity index (χ4v) is 4.15. The predicted octanol–water partition coefficient (Wildman–Crippen LogP) is 1.37. The number of piperidine rings is 1. The molecule has 6 nitrogen and oxygen atoms in total. The van der Waals surface area contributed by atoms with Crippen LogP contribution in [0.25, 0.3) is 0 Å². The van der Waals surface area contributed by atoms with Crippen molar-refractivity contribution in [1.29, 1.82) is 0 Å². The molecule has 0 aromatic heterocycles. The molecule has 1 aliphatic carbocycles. The van der Waals surface area contributed by atoms with Crippen LogP contribution in [0, 0.1) is 5.41 Å². The summed E-state index contributed by atoms with van der Waals surface area (Å²) in [6.07, 6.45) is 2.27. The Bertz CT molecular complexity index is 626. The Morgan fingerprint density at radius 1 is 1.19 bits per heavy atom. The number of carbonyl (C=O) groups is 2. The van der Waals surface area contributed by atoms with E-state index >= 15 is 0 Å². The van der Waals surface area contributed by atoms with Crippen LogP contribution in [0.4, 0.5) is 0 Å². The summed E-state index contributed by atoms with van der Waals surface area (Å²) in [6.45, 7) is 2.20. The zero-order chi connectivity index (χ0) is 18.6. The van der Waals surface area contributed by atoms with Crippen molar-refractivity contribution < 1.29 is 19.4 Å². The van der Waals surface area contributed by atoms with Crippen molar-refractivity contribution in [2.75, 3.05) is 26.2 Å². The maximum absolute atomic E-state index is 12.4. The van der Waals surface area contributed by atoms with Gasteiger partial charge in [0.25, 0.3) is 0 Å². The minimum atomic E-state index is -0.359. The largest absolute Gasteiger partial charge is 0.392 e. The lowest BCUT2D eigenvalue weighted by Crippen LogP contribution is -2.62. The normalized spacial score (nSPS) is 24.3. The van der Waals surface area contributed by atoms with Gasteiger partial charge < -0.3 is 20.5 Å². The van der Waals surface area contributed by atoms with Crippen LogP contribution >= 0.6 is 0 Å². The summed E-state index contributed by atoms with van der Waals surface area (Å²) in [5, 5.41) is 10.3. The van der Waals surface area contributed by atoms with Crippen molar-refractivity contribution in [3.05, 3.63) is 35.9 Å². The average Bonchev–Trinajstić information content (AvgIpc) is 2.69. The zero-order valence-electron chi connectivity index (χ0n) is 15.1. The highest BCUT2D eigenvalue weighted by molar-refractivity contribution is 5.97. The van der Waals surface area contributed by atoms with Crippen molar-refractivity contribution >= 4 is 11.7 Å². The molecule has 1 saturated carbocycles. The van der Waals surface area contributed by atoms with Crippen molar-refractivity contribution in [2.24, 2.45) is 11.1 Å². The quantitative estimate of drug-likeness (QED) is 0.717. The van der Waals surface area contributed by atoms with E-state index in [0.717, 1.165) is 12.8 Å². The number of carbonyl (C=O) groups excluding carboxylic acids is 2. The summed E-state index contributed by atoms with van der Waals surface area (Å²) in [5.41, 5.74) is 5.92. The number of ether oxygens (including phenoxy) is 1. The predicted molar refractivity (Wildman–Crippen MR) is 97.7 cm³/mol. The van der Waals surface area contributed by atoms with Crippen LogP contribution in [0.5, 0.6) is 0 Å². The fourth-order valence-electron chi connectivity index (χ4n) is 4.15. The molecule has 26 heavy (non-hydrogen) atoms. The molecule has 0 unspecified atom stereocenters. The van der Waals surface area contributed by atoms with Crippen LogP contribution in [0.2, 0.25) is 0 Å². The number of likely N-dealkylation sites (tertiary alicyclic amines) is 1. The summed E-state index contributed by atoms with van der Waals surface area (Å²) < 4.78 is 5.78. The van der Waals surface area contributed by atoms with Gasteiger partial charge in [0.1, 0.15) is 0 Å². The first-order valence-electron chi connectivity index (χ1n) is 9.42. The van der Waals surface area contributed by atoms with Crippen LogP contribution < -0.4 is 5.73 Å². The summed E-state index contributed by atoms with van der Waals surface area (Å²) in [6, 6.07) is 9.07. The number of hydrogen-bond donors (Lipinski definition) is 2. The van der Waals surface area contributed by atoms with E-state index in [0.29, 0.717) is 38.2 Å². The minimum Gasteiger partial charge on any atom is -0.392 e. The van der Waals surface area contributed by atoms with E-state index in [-0.39, 0.29) is 42.2 Å². The van der Waals surface area contributed by atoms with Crippen molar-refractivity contribution in [3.8, 4) is 0 Å². The second kappa shape index (κ2) is 8.29. The van der Waals surface area contributed by atoms with Crippen LogP contribution in [-0.4, -0.2) is 60.1 Å². The van der Waals surface area contributed by atoms with Gasteiger partial charge in [-0.2, -0.15) is 0 Å². The molecular formula is C20H28N2O4. The molecule has 1 heterocycles. The Labute approximate surface area is 154 Å². The molecule has 3 rings (SSSR count). The van der Waals surface area contributed by atoms with Crippen LogP contribution in [0.15, 0.2) is 30.3 Å². The number of benzene rings is 1. The molecule has 2 fully saturated rings. The fraction of sp³-hybridized carbons (Fsp3) is 0.600. The number of hydrogen-bond acceptors (Lipinski definition) is 5. The monoisotopic (exact) mass is 360 g/mol. The SMILES string of the molecule is NCCO[C@@H]1C[C@H](O)C12CCN(C(=O)CCC(=O)c1ccccc1)CC2. The number of nitrogens with zero attached hydrogens (tertiary/aromatic N) is 1. The highest BCUT2D eigenvalue weighted by atomic mass is 16.5. The molecule has 0 bridgehead atoms. The molecule has 1 aromatic carbocycles. The number of nitrogens with two attached hydrogens (primary N) is 1. The van der Waals surface area contributed by atoms with Gasteiger partial charge in [0.15, 0.2) is 5.78 Å². The Kier molecular flexibility index (Phi) is 6.06. The van der Waals surface area contributed by atoms with Gasteiger partial charge in [-0.05, 0) is 12.8 Å². The molecule has 142 valence electrons. The second-order valence-electron chi connectivity index (χ2n) is 7.30. The topological polar surface area (TPSA) is 92.9 Å². The van der Waals surface area contributed by atoms with Crippen LogP contribution in [-0.2, 0) is 9.53 Å². The summed E-state index contributed by atoms with van der Waals surface area (Å²) in [7, 11) is 0. The van der Waals surface area contributed by atoms with Gasteiger partial charge in [-0.25, -0.2) is 0 Å². The lowest BCUT2D eigenvalue weighted by atomic mass is 9.58. The second-order valence-corrected chi connectivity index (χ2v) is 7.30. The summed E-state index contributed by atoms with van der Waals surface area (Å²) in [4.78, 5) is 26.4. The van der Waals surface area contributed by atoms with E-state index in [1.54, 1.807) is 12.1 Å². The first-order valence-corrected chi connectivity index (χ1v) is 9.42. The van der Waals surface area contributed by atoms with Gasteiger partial charge in [-0.1, -0.05) is 30.3 Å². The lowest BCUT2D eigenvalue weighted by molar-refractivity contribution is -0.210. The van der Waals surface area contributed by atoms with E-state index in [1.807, 2.05) is 23.1 Å². The van der Waals surface area contributed by atoms with Crippen LogP contribution in [0.1, 0.15) is 42.5 Å². The third-order valence-electron chi connectivity index (χ3n) is 5.89. The first-order chi connectivity index (χ1) is 12.6. The Hall–Kier alpha value is -1.76. The van der Waals surface area contributed by atoms with Crippen molar-refractivity contribution in [1.82, 2.24) is 4.90 Å². The van der Waals surface area contributed by atoms with Gasteiger partial charge in [0.2, 0.25) is 5.91 Å². The number of rotatable bonds is 7. The summed E-state index contributed by atoms with van der Waals surface area (Å²) >= 11 is 0.